The lowest BCUT2D eigenvalue weighted by Crippen LogP contribution is -2.29. The first kappa shape index (κ1) is 13.8. The Morgan fingerprint density at radius 1 is 1.12 bits per heavy atom. The predicted octanol–water partition coefficient (Wildman–Crippen LogP) is 2.25. The van der Waals surface area contributed by atoms with Gasteiger partial charge in [0.1, 0.15) is 11.5 Å². The Labute approximate surface area is 103 Å². The van der Waals surface area contributed by atoms with E-state index in [9.17, 15) is 0 Å². The summed E-state index contributed by atoms with van der Waals surface area (Å²) >= 11 is 0. The quantitative estimate of drug-likeness (QED) is 0.589. The summed E-state index contributed by atoms with van der Waals surface area (Å²) in [5, 5.41) is 0. The van der Waals surface area contributed by atoms with Crippen LogP contribution in [-0.4, -0.2) is 14.2 Å². The third-order valence-electron chi connectivity index (χ3n) is 2.68. The summed E-state index contributed by atoms with van der Waals surface area (Å²) in [6.45, 7) is 4.34. The number of hydrogen-bond donors (Lipinski definition) is 2. The molecule has 4 nitrogen and oxygen atoms in total. The van der Waals surface area contributed by atoms with E-state index in [1.165, 1.54) is 0 Å². The van der Waals surface area contributed by atoms with E-state index in [1.54, 1.807) is 14.2 Å². The van der Waals surface area contributed by atoms with Crippen molar-refractivity contribution in [3.63, 3.8) is 0 Å². The molecule has 1 rings (SSSR count). The largest absolute Gasteiger partial charge is 0.497 e. The maximum Gasteiger partial charge on any atom is 0.122 e. The summed E-state index contributed by atoms with van der Waals surface area (Å²) in [5.41, 5.74) is 3.92. The van der Waals surface area contributed by atoms with E-state index >= 15 is 0 Å². The minimum absolute atomic E-state index is 0.110. The Hall–Kier alpha value is -1.26. The molecular weight excluding hydrogens is 216 g/mol. The average Bonchev–Trinajstić information content (AvgIpc) is 2.34. The van der Waals surface area contributed by atoms with Gasteiger partial charge in [-0.3, -0.25) is 11.3 Å². The number of hydrogen-bond acceptors (Lipinski definition) is 4. The van der Waals surface area contributed by atoms with E-state index in [0.717, 1.165) is 23.5 Å². The number of methoxy groups -OCH3 is 2. The van der Waals surface area contributed by atoms with Crippen molar-refractivity contribution in [3.05, 3.63) is 23.8 Å². The standard InChI is InChI=1S/C13H22N2O2/c1-9(2)5-13(15-14)10-6-11(16-3)8-12(7-10)17-4/h6-9,13,15H,5,14H2,1-4H3. The zero-order valence-corrected chi connectivity index (χ0v) is 11.0. The maximum atomic E-state index is 5.60. The summed E-state index contributed by atoms with van der Waals surface area (Å²) in [7, 11) is 3.29. The molecule has 3 N–H and O–H groups in total. The Morgan fingerprint density at radius 2 is 1.65 bits per heavy atom. The molecule has 96 valence electrons. The molecule has 0 aliphatic rings. The molecule has 0 fully saturated rings. The van der Waals surface area contributed by atoms with Gasteiger partial charge in [-0.05, 0) is 30.0 Å². The van der Waals surface area contributed by atoms with Gasteiger partial charge >= 0.3 is 0 Å². The lowest BCUT2D eigenvalue weighted by atomic mass is 9.97. The van der Waals surface area contributed by atoms with E-state index in [4.69, 9.17) is 15.3 Å². The van der Waals surface area contributed by atoms with Gasteiger partial charge < -0.3 is 9.47 Å². The molecule has 1 atom stereocenters. The van der Waals surface area contributed by atoms with Crippen molar-refractivity contribution in [2.24, 2.45) is 11.8 Å². The van der Waals surface area contributed by atoms with Crippen molar-refractivity contribution in [2.75, 3.05) is 14.2 Å². The first-order valence-electron chi connectivity index (χ1n) is 5.79. The van der Waals surface area contributed by atoms with Crippen molar-refractivity contribution in [2.45, 2.75) is 26.3 Å². The first-order valence-corrected chi connectivity index (χ1v) is 5.79. The van der Waals surface area contributed by atoms with Crippen LogP contribution in [0.1, 0.15) is 31.9 Å². The molecule has 0 bridgehead atoms. The summed E-state index contributed by atoms with van der Waals surface area (Å²) < 4.78 is 10.5. The minimum atomic E-state index is 0.110. The highest BCUT2D eigenvalue weighted by molar-refractivity contribution is 5.39. The van der Waals surface area contributed by atoms with Crippen molar-refractivity contribution in [1.82, 2.24) is 5.43 Å². The predicted molar refractivity (Wildman–Crippen MR) is 69.1 cm³/mol. The van der Waals surface area contributed by atoms with Crippen LogP contribution in [0.15, 0.2) is 18.2 Å². The fourth-order valence-electron chi connectivity index (χ4n) is 1.80. The lowest BCUT2D eigenvalue weighted by molar-refractivity contribution is 0.387. The van der Waals surface area contributed by atoms with Crippen molar-refractivity contribution in [1.29, 1.82) is 0 Å². The molecule has 17 heavy (non-hydrogen) atoms. The number of nitrogens with one attached hydrogen (secondary N) is 1. The van der Waals surface area contributed by atoms with E-state index in [2.05, 4.69) is 19.3 Å². The smallest absolute Gasteiger partial charge is 0.122 e. The third-order valence-corrected chi connectivity index (χ3v) is 2.68. The van der Waals surface area contributed by atoms with Crippen LogP contribution in [0.25, 0.3) is 0 Å². The second-order valence-electron chi connectivity index (χ2n) is 4.49. The first-order chi connectivity index (χ1) is 8.10. The Morgan fingerprint density at radius 3 is 2.00 bits per heavy atom. The molecule has 0 radical (unpaired) electrons. The lowest BCUT2D eigenvalue weighted by Gasteiger charge is -2.19. The minimum Gasteiger partial charge on any atom is -0.497 e. The normalized spacial score (nSPS) is 12.6. The van der Waals surface area contributed by atoms with Crippen LogP contribution in [0.2, 0.25) is 0 Å². The zero-order valence-electron chi connectivity index (χ0n) is 11.0. The highest BCUT2D eigenvalue weighted by Crippen LogP contribution is 2.28. The van der Waals surface area contributed by atoms with E-state index in [0.29, 0.717) is 5.92 Å². The molecule has 0 spiro atoms. The van der Waals surface area contributed by atoms with E-state index in [1.807, 2.05) is 18.2 Å². The van der Waals surface area contributed by atoms with Gasteiger partial charge in [-0.15, -0.1) is 0 Å². The molecule has 4 heteroatoms. The van der Waals surface area contributed by atoms with E-state index < -0.39 is 0 Å². The van der Waals surface area contributed by atoms with Crippen LogP contribution in [-0.2, 0) is 0 Å². The highest BCUT2D eigenvalue weighted by atomic mass is 16.5. The molecule has 0 amide bonds. The summed E-state index contributed by atoms with van der Waals surface area (Å²) in [5.74, 6) is 7.73. The molecule has 0 saturated heterocycles. The topological polar surface area (TPSA) is 56.5 Å². The average molecular weight is 238 g/mol. The number of benzene rings is 1. The van der Waals surface area contributed by atoms with Gasteiger partial charge in [0.05, 0.1) is 14.2 Å². The molecule has 0 aliphatic carbocycles. The molecule has 0 heterocycles. The fraction of sp³-hybridized carbons (Fsp3) is 0.538. The van der Waals surface area contributed by atoms with Gasteiger partial charge in [-0.25, -0.2) is 0 Å². The van der Waals surface area contributed by atoms with Crippen LogP contribution in [0.3, 0.4) is 0 Å². The second kappa shape index (κ2) is 6.47. The van der Waals surface area contributed by atoms with Gasteiger partial charge in [0.2, 0.25) is 0 Å². The fourth-order valence-corrected chi connectivity index (χ4v) is 1.80. The van der Waals surface area contributed by atoms with Crippen LogP contribution in [0, 0.1) is 5.92 Å². The van der Waals surface area contributed by atoms with Gasteiger partial charge in [0.25, 0.3) is 0 Å². The number of hydrazine groups is 1. The van der Waals surface area contributed by atoms with Gasteiger partial charge in [-0.1, -0.05) is 13.8 Å². The van der Waals surface area contributed by atoms with Crippen LogP contribution < -0.4 is 20.7 Å². The monoisotopic (exact) mass is 238 g/mol. The number of rotatable bonds is 6. The number of ether oxygens (including phenoxy) is 2. The maximum absolute atomic E-state index is 5.60. The Bertz CT molecular complexity index is 331. The Balaban J connectivity index is 3.00. The van der Waals surface area contributed by atoms with E-state index in [-0.39, 0.29) is 6.04 Å². The van der Waals surface area contributed by atoms with Crippen molar-refractivity contribution in [3.8, 4) is 11.5 Å². The van der Waals surface area contributed by atoms with Crippen molar-refractivity contribution >= 4 is 0 Å². The summed E-state index contributed by atoms with van der Waals surface area (Å²) in [6, 6.07) is 5.93. The highest BCUT2D eigenvalue weighted by Gasteiger charge is 2.14. The summed E-state index contributed by atoms with van der Waals surface area (Å²) in [4.78, 5) is 0. The van der Waals surface area contributed by atoms with Gasteiger partial charge in [0.15, 0.2) is 0 Å². The second-order valence-corrected chi connectivity index (χ2v) is 4.49. The third kappa shape index (κ3) is 3.91. The van der Waals surface area contributed by atoms with Crippen LogP contribution in [0.4, 0.5) is 0 Å². The summed E-state index contributed by atoms with van der Waals surface area (Å²) in [6.07, 6.45) is 0.965. The van der Waals surface area contributed by atoms with Crippen molar-refractivity contribution < 1.29 is 9.47 Å². The molecular formula is C13H22N2O2. The molecule has 1 aromatic carbocycles. The zero-order chi connectivity index (χ0) is 12.8. The van der Waals surface area contributed by atoms with Crippen LogP contribution >= 0.6 is 0 Å². The molecule has 1 unspecified atom stereocenters. The number of nitrogens with two attached hydrogens (primary N) is 1. The molecule has 0 aliphatic heterocycles. The van der Waals surface area contributed by atoms with Gasteiger partial charge in [-0.2, -0.15) is 0 Å². The SMILES string of the molecule is COc1cc(OC)cc(C(CC(C)C)NN)c1. The molecule has 0 saturated carbocycles. The molecule has 1 aromatic rings. The Kier molecular flexibility index (Phi) is 5.25. The molecule has 0 aromatic heterocycles. The van der Waals surface area contributed by atoms with Gasteiger partial charge in [0, 0.05) is 12.1 Å². The van der Waals surface area contributed by atoms with Crippen LogP contribution in [0.5, 0.6) is 11.5 Å².